The molecule has 29 heavy (non-hydrogen) atoms. The van der Waals surface area contributed by atoms with Crippen molar-refractivity contribution >= 4 is 36.6 Å². The van der Waals surface area contributed by atoms with Crippen LogP contribution in [0.25, 0.3) is 0 Å². The standard InChI is InChI=1S/C20H25IO7S/c1-6-26-20(22)16(5)27-18-9-7-17(8-10-18)21(28-29(23,24)25)19-14(3)11-13(2)12-15(19)4/h7-12,16H,6H2,1-5H3,(H,23,24,25). The molecule has 2 aromatic rings. The maximum atomic E-state index is 11.7. The van der Waals surface area contributed by atoms with Crippen molar-refractivity contribution in [2.24, 2.45) is 0 Å². The van der Waals surface area contributed by atoms with Crippen LogP contribution in [-0.2, 0) is 22.4 Å². The number of esters is 1. The van der Waals surface area contributed by atoms with Gasteiger partial charge in [-0.1, -0.05) is 0 Å². The number of rotatable bonds is 8. The van der Waals surface area contributed by atoms with Crippen molar-refractivity contribution in [1.29, 1.82) is 0 Å². The van der Waals surface area contributed by atoms with Gasteiger partial charge in [-0.2, -0.15) is 0 Å². The monoisotopic (exact) mass is 536 g/mol. The fourth-order valence-corrected chi connectivity index (χ4v) is 9.14. The molecule has 0 spiro atoms. The molecule has 1 atom stereocenters. The van der Waals surface area contributed by atoms with Gasteiger partial charge in [-0.05, 0) is 0 Å². The molecular formula is C20H25IO7S. The molecule has 160 valence electrons. The van der Waals surface area contributed by atoms with Crippen molar-refractivity contribution in [2.75, 3.05) is 6.61 Å². The molecule has 9 heteroatoms. The van der Waals surface area contributed by atoms with Gasteiger partial charge in [0, 0.05) is 0 Å². The molecule has 0 aliphatic carbocycles. The molecule has 0 aromatic heterocycles. The molecule has 1 unspecified atom stereocenters. The molecule has 0 saturated carbocycles. The Morgan fingerprint density at radius 3 is 2.14 bits per heavy atom. The summed E-state index contributed by atoms with van der Waals surface area (Å²) in [6.45, 7) is 9.32. The third-order valence-electron chi connectivity index (χ3n) is 3.84. The van der Waals surface area contributed by atoms with Crippen LogP contribution in [0.4, 0.5) is 0 Å². The van der Waals surface area contributed by atoms with Crippen molar-refractivity contribution in [3.63, 3.8) is 0 Å². The van der Waals surface area contributed by atoms with Crippen molar-refractivity contribution < 1.29 is 29.8 Å². The molecule has 2 rings (SSSR count). The van der Waals surface area contributed by atoms with Crippen molar-refractivity contribution in [3.8, 4) is 5.75 Å². The van der Waals surface area contributed by atoms with Gasteiger partial charge in [-0.25, -0.2) is 0 Å². The van der Waals surface area contributed by atoms with Gasteiger partial charge in [0.2, 0.25) is 0 Å². The van der Waals surface area contributed by atoms with E-state index in [0.717, 1.165) is 20.3 Å². The van der Waals surface area contributed by atoms with Gasteiger partial charge in [0.05, 0.1) is 0 Å². The fraction of sp³-hybridized carbons (Fsp3) is 0.350. The molecular weight excluding hydrogens is 511 g/mol. The van der Waals surface area contributed by atoms with E-state index in [9.17, 15) is 17.8 Å². The normalized spacial score (nSPS) is 13.0. The van der Waals surface area contributed by atoms with Gasteiger partial charge in [0.25, 0.3) is 0 Å². The Labute approximate surface area is 179 Å². The van der Waals surface area contributed by atoms with Crippen LogP contribution < -0.4 is 4.74 Å². The summed E-state index contributed by atoms with van der Waals surface area (Å²) in [5.74, 6) is -0.0278. The van der Waals surface area contributed by atoms with Gasteiger partial charge in [0.15, 0.2) is 0 Å². The van der Waals surface area contributed by atoms with Gasteiger partial charge in [-0.15, -0.1) is 0 Å². The van der Waals surface area contributed by atoms with Crippen LogP contribution in [0.5, 0.6) is 5.75 Å². The van der Waals surface area contributed by atoms with Crippen LogP contribution in [0, 0.1) is 27.9 Å². The Morgan fingerprint density at radius 1 is 1.10 bits per heavy atom. The first-order chi connectivity index (χ1) is 13.5. The Bertz CT molecular complexity index is 948. The second-order valence-corrected chi connectivity index (χ2v) is 12.2. The molecule has 0 saturated heterocycles. The molecule has 0 amide bonds. The molecule has 0 bridgehead atoms. The van der Waals surface area contributed by atoms with Crippen LogP contribution in [0.2, 0.25) is 0 Å². The predicted octanol–water partition coefficient (Wildman–Crippen LogP) is 4.22. The first kappa shape index (κ1) is 23.6. The van der Waals surface area contributed by atoms with E-state index in [4.69, 9.17) is 12.0 Å². The number of hydrogen-bond donors (Lipinski definition) is 1. The molecule has 2 aromatic carbocycles. The van der Waals surface area contributed by atoms with E-state index in [-0.39, 0.29) is 6.61 Å². The first-order valence-corrected chi connectivity index (χ1v) is 13.3. The van der Waals surface area contributed by atoms with Crippen molar-refractivity contribution in [1.82, 2.24) is 0 Å². The van der Waals surface area contributed by atoms with Crippen molar-refractivity contribution in [3.05, 3.63) is 60.2 Å². The van der Waals surface area contributed by atoms with E-state index in [0.29, 0.717) is 9.32 Å². The van der Waals surface area contributed by atoms with Crippen LogP contribution in [0.3, 0.4) is 0 Å². The molecule has 0 heterocycles. The summed E-state index contributed by atoms with van der Waals surface area (Å²) in [6, 6.07) is 10.6. The third-order valence-corrected chi connectivity index (χ3v) is 11.1. The maximum absolute atomic E-state index is 11.7. The summed E-state index contributed by atoms with van der Waals surface area (Å²) in [4.78, 5) is 11.7. The summed E-state index contributed by atoms with van der Waals surface area (Å²) in [5.41, 5.74) is 2.88. The average molecular weight is 536 g/mol. The number of carbonyl (C=O) groups is 1. The zero-order chi connectivity index (χ0) is 21.8. The Kier molecular flexibility index (Phi) is 8.03. The summed E-state index contributed by atoms with van der Waals surface area (Å²) < 4.78 is 49.5. The topological polar surface area (TPSA) is 99.1 Å². The van der Waals surface area contributed by atoms with E-state index in [1.807, 2.05) is 32.9 Å². The van der Waals surface area contributed by atoms with Gasteiger partial charge < -0.3 is 0 Å². The number of carbonyl (C=O) groups excluding carboxylic acids is 1. The van der Waals surface area contributed by atoms with Crippen LogP contribution in [-0.4, -0.2) is 31.7 Å². The van der Waals surface area contributed by atoms with Gasteiger partial charge in [-0.3, -0.25) is 0 Å². The Hall–Kier alpha value is -1.69. The summed E-state index contributed by atoms with van der Waals surface area (Å²) in [7, 11) is -4.63. The number of aryl methyl sites for hydroxylation is 3. The molecule has 0 aliphatic heterocycles. The minimum absolute atomic E-state index is 0.266. The summed E-state index contributed by atoms with van der Waals surface area (Å²) in [5, 5.41) is 0. The molecule has 0 aliphatic rings. The number of ether oxygens (including phenoxy) is 2. The minimum atomic E-state index is -4.63. The van der Waals surface area contributed by atoms with E-state index in [1.54, 1.807) is 38.1 Å². The average Bonchev–Trinajstić information content (AvgIpc) is 2.60. The third kappa shape index (κ3) is 6.66. The van der Waals surface area contributed by atoms with E-state index in [1.165, 1.54) is 0 Å². The van der Waals surface area contributed by atoms with E-state index in [2.05, 4.69) is 0 Å². The summed E-state index contributed by atoms with van der Waals surface area (Å²) in [6.07, 6.45) is -0.772. The first-order valence-electron chi connectivity index (χ1n) is 8.90. The number of halogens is 1. The van der Waals surface area contributed by atoms with Crippen molar-refractivity contribution in [2.45, 2.75) is 40.7 Å². The summed E-state index contributed by atoms with van der Waals surface area (Å²) >= 11 is -2.97. The van der Waals surface area contributed by atoms with Crippen LogP contribution in [0.15, 0.2) is 36.4 Å². The molecule has 0 fully saturated rings. The van der Waals surface area contributed by atoms with E-state index >= 15 is 0 Å². The molecule has 0 radical (unpaired) electrons. The van der Waals surface area contributed by atoms with E-state index < -0.39 is 42.7 Å². The second kappa shape index (κ2) is 9.88. The zero-order valence-electron chi connectivity index (χ0n) is 16.9. The molecule has 1 N–H and O–H groups in total. The number of hydrogen-bond acceptors (Lipinski definition) is 6. The fourth-order valence-electron chi connectivity index (χ4n) is 2.83. The quantitative estimate of drug-likeness (QED) is 0.307. The Morgan fingerprint density at radius 2 is 1.66 bits per heavy atom. The van der Waals surface area contributed by atoms with Gasteiger partial charge >= 0.3 is 180 Å². The Balaban J connectivity index is 2.37. The van der Waals surface area contributed by atoms with Crippen LogP contribution in [0.1, 0.15) is 30.5 Å². The van der Waals surface area contributed by atoms with Crippen LogP contribution >= 0.6 is 20.2 Å². The number of benzene rings is 2. The predicted molar refractivity (Wildman–Crippen MR) is 118 cm³/mol. The SMILES string of the molecule is CCOC(=O)C(C)Oc1ccc(I(OS(=O)(=O)O)c2c(C)cc(C)cc2C)cc1. The second-order valence-electron chi connectivity index (χ2n) is 6.42. The van der Waals surface area contributed by atoms with Gasteiger partial charge in [0.1, 0.15) is 0 Å². The molecule has 7 nitrogen and oxygen atoms in total. The zero-order valence-corrected chi connectivity index (χ0v) is 19.9.